The lowest BCUT2D eigenvalue weighted by molar-refractivity contribution is 0.416. The fourth-order valence-corrected chi connectivity index (χ4v) is 1.37. The number of hydrogen-bond donors (Lipinski definition) is 0. The molecule has 0 radical (unpaired) electrons. The van der Waals surface area contributed by atoms with Crippen LogP contribution in [-0.2, 0) is 7.05 Å². The van der Waals surface area contributed by atoms with E-state index in [0.29, 0.717) is 0 Å². The fourth-order valence-electron chi connectivity index (χ4n) is 1.37. The standard InChI is InChI=1S/C12H13N3O/c1-15-8-7-13-12(15)9-14-10-5-3-4-6-11(10)16-2/h3-9H,1-2H3. The number of benzene rings is 1. The molecule has 0 unspecified atom stereocenters. The molecule has 0 fully saturated rings. The lowest BCUT2D eigenvalue weighted by Crippen LogP contribution is -1.94. The summed E-state index contributed by atoms with van der Waals surface area (Å²) in [6, 6.07) is 7.62. The Morgan fingerprint density at radius 3 is 2.88 bits per heavy atom. The zero-order valence-corrected chi connectivity index (χ0v) is 9.29. The number of aryl methyl sites for hydroxylation is 1. The van der Waals surface area contributed by atoms with Gasteiger partial charge in [-0.05, 0) is 12.1 Å². The highest BCUT2D eigenvalue weighted by molar-refractivity contribution is 5.78. The van der Waals surface area contributed by atoms with Crippen molar-refractivity contribution in [3.63, 3.8) is 0 Å². The van der Waals surface area contributed by atoms with Crippen molar-refractivity contribution in [3.05, 3.63) is 42.5 Å². The predicted molar refractivity (Wildman–Crippen MR) is 63.5 cm³/mol. The maximum Gasteiger partial charge on any atom is 0.150 e. The van der Waals surface area contributed by atoms with Crippen molar-refractivity contribution < 1.29 is 4.74 Å². The molecule has 0 amide bonds. The molecule has 0 aliphatic heterocycles. The van der Waals surface area contributed by atoms with Gasteiger partial charge >= 0.3 is 0 Å². The van der Waals surface area contributed by atoms with E-state index >= 15 is 0 Å². The molecule has 0 atom stereocenters. The van der Waals surface area contributed by atoms with E-state index in [4.69, 9.17) is 4.74 Å². The van der Waals surface area contributed by atoms with Crippen molar-refractivity contribution in [2.24, 2.45) is 12.0 Å². The first-order chi connectivity index (χ1) is 7.81. The summed E-state index contributed by atoms with van der Waals surface area (Å²) >= 11 is 0. The normalized spacial score (nSPS) is 10.9. The largest absolute Gasteiger partial charge is 0.494 e. The molecule has 1 aromatic heterocycles. The lowest BCUT2D eigenvalue weighted by atomic mass is 10.3. The summed E-state index contributed by atoms with van der Waals surface area (Å²) in [6.45, 7) is 0. The Hall–Kier alpha value is -2.10. The molecule has 0 aliphatic rings. The second-order valence-corrected chi connectivity index (χ2v) is 3.33. The van der Waals surface area contributed by atoms with Gasteiger partial charge in [0.25, 0.3) is 0 Å². The SMILES string of the molecule is COc1ccccc1N=Cc1nccn1C. The monoisotopic (exact) mass is 215 g/mol. The number of aromatic nitrogens is 2. The molecular weight excluding hydrogens is 202 g/mol. The number of aliphatic imine (C=N–C) groups is 1. The van der Waals surface area contributed by atoms with Crippen LogP contribution in [0, 0.1) is 0 Å². The average molecular weight is 215 g/mol. The van der Waals surface area contributed by atoms with Gasteiger partial charge in [0.1, 0.15) is 11.4 Å². The summed E-state index contributed by atoms with van der Waals surface area (Å²) in [7, 11) is 3.56. The molecule has 4 nitrogen and oxygen atoms in total. The van der Waals surface area contributed by atoms with E-state index in [1.54, 1.807) is 19.5 Å². The van der Waals surface area contributed by atoms with Crippen LogP contribution in [0.3, 0.4) is 0 Å². The third-order valence-electron chi connectivity index (χ3n) is 2.26. The first-order valence-electron chi connectivity index (χ1n) is 4.95. The first-order valence-corrected chi connectivity index (χ1v) is 4.95. The zero-order valence-electron chi connectivity index (χ0n) is 9.29. The second kappa shape index (κ2) is 4.61. The minimum absolute atomic E-state index is 0.757. The van der Waals surface area contributed by atoms with E-state index in [1.165, 1.54) is 0 Å². The number of imidazole rings is 1. The molecule has 0 spiro atoms. The number of methoxy groups -OCH3 is 1. The van der Waals surface area contributed by atoms with E-state index in [1.807, 2.05) is 42.1 Å². The third-order valence-corrected chi connectivity index (χ3v) is 2.26. The van der Waals surface area contributed by atoms with Crippen molar-refractivity contribution in [2.45, 2.75) is 0 Å². The van der Waals surface area contributed by atoms with Crippen molar-refractivity contribution in [1.29, 1.82) is 0 Å². The first kappa shape index (κ1) is 10.4. The molecule has 0 aliphatic carbocycles. The van der Waals surface area contributed by atoms with Crippen LogP contribution in [0.5, 0.6) is 5.75 Å². The minimum Gasteiger partial charge on any atom is -0.494 e. The molecule has 0 bridgehead atoms. The van der Waals surface area contributed by atoms with E-state index in [-0.39, 0.29) is 0 Å². The van der Waals surface area contributed by atoms with Crippen molar-refractivity contribution >= 4 is 11.9 Å². The molecule has 4 heteroatoms. The summed E-state index contributed by atoms with van der Waals surface area (Å²) < 4.78 is 7.11. The van der Waals surface area contributed by atoms with E-state index in [0.717, 1.165) is 17.3 Å². The molecule has 0 saturated heterocycles. The highest BCUT2D eigenvalue weighted by Crippen LogP contribution is 2.25. The zero-order chi connectivity index (χ0) is 11.4. The Morgan fingerprint density at radius 1 is 1.38 bits per heavy atom. The number of hydrogen-bond acceptors (Lipinski definition) is 3. The van der Waals surface area contributed by atoms with E-state index in [9.17, 15) is 0 Å². The Bertz CT molecular complexity index is 502. The average Bonchev–Trinajstić information content (AvgIpc) is 2.72. The molecule has 82 valence electrons. The van der Waals surface area contributed by atoms with Gasteiger partial charge in [0.2, 0.25) is 0 Å². The van der Waals surface area contributed by atoms with Crippen LogP contribution in [0.1, 0.15) is 5.82 Å². The van der Waals surface area contributed by atoms with Crippen LogP contribution < -0.4 is 4.74 Å². The van der Waals surface area contributed by atoms with Gasteiger partial charge in [-0.1, -0.05) is 12.1 Å². The van der Waals surface area contributed by atoms with Crippen molar-refractivity contribution in [3.8, 4) is 5.75 Å². The van der Waals surface area contributed by atoms with Crippen molar-refractivity contribution in [2.75, 3.05) is 7.11 Å². The molecular formula is C12H13N3O. The van der Waals surface area contributed by atoms with Gasteiger partial charge in [-0.3, -0.25) is 0 Å². The summed E-state index contributed by atoms with van der Waals surface area (Å²) in [4.78, 5) is 8.51. The second-order valence-electron chi connectivity index (χ2n) is 3.33. The Kier molecular flexibility index (Phi) is 3.00. The maximum atomic E-state index is 5.20. The van der Waals surface area contributed by atoms with Gasteiger partial charge in [-0.25, -0.2) is 9.98 Å². The van der Waals surface area contributed by atoms with Gasteiger partial charge in [-0.2, -0.15) is 0 Å². The minimum atomic E-state index is 0.757. The summed E-state index contributed by atoms with van der Waals surface area (Å²) in [5.74, 6) is 1.57. The predicted octanol–water partition coefficient (Wildman–Crippen LogP) is 2.18. The van der Waals surface area contributed by atoms with Gasteiger partial charge in [0, 0.05) is 19.4 Å². The molecule has 1 heterocycles. The van der Waals surface area contributed by atoms with Gasteiger partial charge in [0.05, 0.1) is 13.3 Å². The summed E-state index contributed by atoms with van der Waals surface area (Å²) in [6.07, 6.45) is 5.34. The fraction of sp³-hybridized carbons (Fsp3) is 0.167. The molecule has 2 aromatic rings. The van der Waals surface area contributed by atoms with Crippen LogP contribution in [0.15, 0.2) is 41.7 Å². The molecule has 16 heavy (non-hydrogen) atoms. The van der Waals surface area contributed by atoms with Crippen molar-refractivity contribution in [1.82, 2.24) is 9.55 Å². The third kappa shape index (κ3) is 2.11. The number of nitrogens with zero attached hydrogens (tertiary/aromatic N) is 3. The molecule has 2 rings (SSSR count). The van der Waals surface area contributed by atoms with Gasteiger partial charge in [-0.15, -0.1) is 0 Å². The van der Waals surface area contributed by atoms with Crippen LogP contribution in [-0.4, -0.2) is 22.9 Å². The summed E-state index contributed by atoms with van der Waals surface area (Å²) in [5.41, 5.74) is 0.799. The van der Waals surface area contributed by atoms with E-state index < -0.39 is 0 Å². The highest BCUT2D eigenvalue weighted by atomic mass is 16.5. The number of para-hydroxylation sites is 2. The van der Waals surface area contributed by atoms with Gasteiger partial charge in [0.15, 0.2) is 5.82 Å². The van der Waals surface area contributed by atoms with Crippen LogP contribution in [0.4, 0.5) is 5.69 Å². The maximum absolute atomic E-state index is 5.20. The van der Waals surface area contributed by atoms with Crippen LogP contribution in [0.2, 0.25) is 0 Å². The molecule has 1 aromatic carbocycles. The molecule has 0 saturated carbocycles. The Morgan fingerprint density at radius 2 is 2.19 bits per heavy atom. The van der Waals surface area contributed by atoms with E-state index in [2.05, 4.69) is 9.98 Å². The smallest absolute Gasteiger partial charge is 0.150 e. The van der Waals surface area contributed by atoms with Crippen LogP contribution in [0.25, 0.3) is 0 Å². The highest BCUT2D eigenvalue weighted by Gasteiger charge is 1.99. The number of rotatable bonds is 3. The lowest BCUT2D eigenvalue weighted by Gasteiger charge is -2.02. The number of ether oxygens (including phenoxy) is 1. The topological polar surface area (TPSA) is 39.4 Å². The van der Waals surface area contributed by atoms with Crippen LogP contribution >= 0.6 is 0 Å². The Balaban J connectivity index is 2.27. The summed E-state index contributed by atoms with van der Waals surface area (Å²) in [5, 5.41) is 0. The van der Waals surface area contributed by atoms with Gasteiger partial charge < -0.3 is 9.30 Å². The Labute approximate surface area is 94.2 Å². The quantitative estimate of drug-likeness (QED) is 0.736. The molecule has 0 N–H and O–H groups in total.